The van der Waals surface area contributed by atoms with Gasteiger partial charge in [-0.2, -0.15) is 0 Å². The summed E-state index contributed by atoms with van der Waals surface area (Å²) < 4.78 is 11.3. The smallest absolute Gasteiger partial charge is 0.267 e. The second kappa shape index (κ2) is 9.02. The summed E-state index contributed by atoms with van der Waals surface area (Å²) in [5, 5.41) is 2.83. The van der Waals surface area contributed by atoms with Crippen LogP contribution in [0.25, 0.3) is 0 Å². The lowest BCUT2D eigenvalue weighted by molar-refractivity contribution is -0.167. The molecule has 0 bridgehead atoms. The van der Waals surface area contributed by atoms with Crippen molar-refractivity contribution in [2.24, 2.45) is 0 Å². The number of benzene rings is 1. The van der Waals surface area contributed by atoms with Gasteiger partial charge in [-0.05, 0) is 37.1 Å². The quantitative estimate of drug-likeness (QED) is 0.501. The van der Waals surface area contributed by atoms with Gasteiger partial charge in [0.15, 0.2) is 0 Å². The average Bonchev–Trinajstić information content (AvgIpc) is 3.42. The molecule has 0 spiro atoms. The van der Waals surface area contributed by atoms with E-state index in [1.54, 1.807) is 24.3 Å². The molecule has 2 aliphatic rings. The lowest BCUT2D eigenvalue weighted by Gasteiger charge is -2.44. The number of carbonyl (C=O) groups excluding carboxylic acids is 3. The lowest BCUT2D eigenvalue weighted by Crippen LogP contribution is -2.63. The van der Waals surface area contributed by atoms with Gasteiger partial charge in [0.2, 0.25) is 17.9 Å². The van der Waals surface area contributed by atoms with Crippen molar-refractivity contribution in [1.82, 2.24) is 15.1 Å². The number of amides is 3. The molecule has 3 amide bonds. The predicted octanol–water partition coefficient (Wildman–Crippen LogP) is 1.74. The number of β-lactam (4-membered cyclic amide) rings is 1. The van der Waals surface area contributed by atoms with Crippen LogP contribution in [-0.4, -0.2) is 59.8 Å². The summed E-state index contributed by atoms with van der Waals surface area (Å²) in [6, 6.07) is 12.2. The van der Waals surface area contributed by atoms with Gasteiger partial charge in [-0.1, -0.05) is 18.2 Å². The number of nitrogens with zero attached hydrogens (tertiary/aromatic N) is 2. The number of carbonyl (C=O) groups is 3. The van der Waals surface area contributed by atoms with E-state index < -0.39 is 12.1 Å². The molecule has 158 valence electrons. The minimum atomic E-state index is -0.729. The van der Waals surface area contributed by atoms with Crippen molar-refractivity contribution in [3.63, 3.8) is 0 Å². The van der Waals surface area contributed by atoms with Crippen LogP contribution in [0.2, 0.25) is 0 Å². The zero-order valence-corrected chi connectivity index (χ0v) is 16.7. The molecule has 8 heteroatoms. The maximum atomic E-state index is 12.7. The maximum Gasteiger partial charge on any atom is 0.267 e. The number of hydrogen-bond donors (Lipinski definition) is 1. The van der Waals surface area contributed by atoms with Gasteiger partial charge in [-0.25, -0.2) is 0 Å². The van der Waals surface area contributed by atoms with Gasteiger partial charge in [-0.3, -0.25) is 14.4 Å². The van der Waals surface area contributed by atoms with Crippen LogP contribution in [0.1, 0.15) is 31.1 Å². The molecule has 2 aliphatic heterocycles. The van der Waals surface area contributed by atoms with Gasteiger partial charge in [0, 0.05) is 26.1 Å². The minimum absolute atomic E-state index is 0.0680. The number of para-hydroxylation sites is 1. The number of rotatable bonds is 9. The third-order valence-electron chi connectivity index (χ3n) is 5.40. The van der Waals surface area contributed by atoms with Gasteiger partial charge in [0.05, 0.1) is 6.26 Å². The van der Waals surface area contributed by atoms with Crippen molar-refractivity contribution < 1.29 is 23.5 Å². The van der Waals surface area contributed by atoms with Crippen molar-refractivity contribution in [3.8, 4) is 5.75 Å². The van der Waals surface area contributed by atoms with Gasteiger partial charge in [0.25, 0.3) is 5.91 Å². The number of furan rings is 1. The minimum Gasteiger partial charge on any atom is -0.478 e. The molecule has 30 heavy (non-hydrogen) atoms. The van der Waals surface area contributed by atoms with Gasteiger partial charge in [0.1, 0.15) is 24.1 Å². The van der Waals surface area contributed by atoms with Crippen LogP contribution in [0.3, 0.4) is 0 Å². The Morgan fingerprint density at radius 1 is 1.17 bits per heavy atom. The van der Waals surface area contributed by atoms with E-state index in [9.17, 15) is 14.4 Å². The first-order chi connectivity index (χ1) is 14.6. The fourth-order valence-electron chi connectivity index (χ4n) is 3.86. The molecule has 2 unspecified atom stereocenters. The fourth-order valence-corrected chi connectivity index (χ4v) is 3.86. The Hall–Kier alpha value is -3.29. The standard InChI is InChI=1S/C22H25N3O5/c26-18(23-11-6-13-24-12-4-10-19(24)27)15-25-20(17-9-5-14-29-17)21(22(25)28)30-16-7-2-1-3-8-16/h1-3,5,7-9,14,20-21H,4,6,10-13,15H2,(H,23,26). The summed E-state index contributed by atoms with van der Waals surface area (Å²) in [5.74, 6) is 0.853. The second-order valence-corrected chi connectivity index (χ2v) is 7.47. The van der Waals surface area contributed by atoms with E-state index in [-0.39, 0.29) is 24.3 Å². The first-order valence-corrected chi connectivity index (χ1v) is 10.2. The van der Waals surface area contributed by atoms with Crippen molar-refractivity contribution >= 4 is 17.7 Å². The summed E-state index contributed by atoms with van der Waals surface area (Å²) in [5.41, 5.74) is 0. The Kier molecular flexibility index (Phi) is 6.02. The van der Waals surface area contributed by atoms with E-state index in [4.69, 9.17) is 9.15 Å². The SMILES string of the molecule is O=C(CN1C(=O)C(Oc2ccccc2)C1c1ccco1)NCCCN1CCCC1=O. The van der Waals surface area contributed by atoms with Crippen LogP contribution in [0.15, 0.2) is 53.1 Å². The van der Waals surface area contributed by atoms with Gasteiger partial charge >= 0.3 is 0 Å². The second-order valence-electron chi connectivity index (χ2n) is 7.47. The average molecular weight is 411 g/mol. The summed E-state index contributed by atoms with van der Waals surface area (Å²) in [6.45, 7) is 1.83. The fraction of sp³-hybridized carbons (Fsp3) is 0.409. The summed E-state index contributed by atoms with van der Waals surface area (Å²) >= 11 is 0. The summed E-state index contributed by atoms with van der Waals surface area (Å²) in [4.78, 5) is 40.0. The van der Waals surface area contributed by atoms with Crippen LogP contribution < -0.4 is 10.1 Å². The van der Waals surface area contributed by atoms with Crippen molar-refractivity contribution in [3.05, 3.63) is 54.5 Å². The molecular weight excluding hydrogens is 386 g/mol. The molecule has 0 radical (unpaired) electrons. The van der Waals surface area contributed by atoms with Crippen molar-refractivity contribution in [2.45, 2.75) is 31.4 Å². The highest BCUT2D eigenvalue weighted by atomic mass is 16.5. The van der Waals surface area contributed by atoms with Crippen LogP contribution in [0.5, 0.6) is 5.75 Å². The molecule has 2 saturated heterocycles. The Labute approximate surface area is 174 Å². The molecule has 2 atom stereocenters. The molecule has 4 rings (SSSR count). The van der Waals surface area contributed by atoms with E-state index in [2.05, 4.69) is 5.32 Å². The Balaban J connectivity index is 1.30. The molecular formula is C22H25N3O5. The van der Waals surface area contributed by atoms with E-state index >= 15 is 0 Å². The van der Waals surface area contributed by atoms with Gasteiger partial charge in [-0.15, -0.1) is 0 Å². The third kappa shape index (κ3) is 4.32. The molecule has 2 fully saturated rings. The normalized spacial score (nSPS) is 20.9. The highest BCUT2D eigenvalue weighted by Gasteiger charge is 2.52. The Morgan fingerprint density at radius 3 is 2.70 bits per heavy atom. The number of likely N-dealkylation sites (tertiary alicyclic amines) is 2. The molecule has 0 aliphatic carbocycles. The van der Waals surface area contributed by atoms with Crippen molar-refractivity contribution in [1.29, 1.82) is 0 Å². The van der Waals surface area contributed by atoms with E-state index in [0.29, 0.717) is 37.4 Å². The maximum absolute atomic E-state index is 12.7. The van der Waals surface area contributed by atoms with E-state index in [1.807, 2.05) is 23.1 Å². The van der Waals surface area contributed by atoms with Gasteiger partial charge < -0.3 is 24.3 Å². The lowest BCUT2D eigenvalue weighted by atomic mass is 9.95. The van der Waals surface area contributed by atoms with Crippen LogP contribution in [-0.2, 0) is 14.4 Å². The first-order valence-electron chi connectivity index (χ1n) is 10.2. The number of nitrogens with one attached hydrogen (secondary N) is 1. The monoisotopic (exact) mass is 411 g/mol. The third-order valence-corrected chi connectivity index (χ3v) is 5.40. The molecule has 8 nitrogen and oxygen atoms in total. The van der Waals surface area contributed by atoms with Crippen LogP contribution >= 0.6 is 0 Å². The van der Waals surface area contributed by atoms with E-state index in [1.165, 1.54) is 11.2 Å². The predicted molar refractivity (Wildman–Crippen MR) is 107 cm³/mol. The largest absolute Gasteiger partial charge is 0.478 e. The molecule has 0 saturated carbocycles. The van der Waals surface area contributed by atoms with E-state index in [0.717, 1.165) is 13.0 Å². The molecule has 1 N–H and O–H groups in total. The topological polar surface area (TPSA) is 92.1 Å². The summed E-state index contributed by atoms with van der Waals surface area (Å²) in [6.07, 6.45) is 3.02. The van der Waals surface area contributed by atoms with Crippen molar-refractivity contribution in [2.75, 3.05) is 26.2 Å². The first kappa shape index (κ1) is 20.0. The molecule has 1 aromatic carbocycles. The molecule has 2 aromatic rings. The zero-order chi connectivity index (χ0) is 20.9. The highest BCUT2D eigenvalue weighted by molar-refractivity contribution is 5.93. The highest BCUT2D eigenvalue weighted by Crippen LogP contribution is 2.37. The molecule has 1 aromatic heterocycles. The molecule has 3 heterocycles. The Bertz CT molecular complexity index is 883. The summed E-state index contributed by atoms with van der Waals surface area (Å²) in [7, 11) is 0. The zero-order valence-electron chi connectivity index (χ0n) is 16.7. The number of hydrogen-bond acceptors (Lipinski definition) is 5. The number of ether oxygens (including phenoxy) is 1. The van der Waals surface area contributed by atoms with Crippen LogP contribution in [0, 0.1) is 0 Å². The van der Waals surface area contributed by atoms with Crippen LogP contribution in [0.4, 0.5) is 0 Å². The Morgan fingerprint density at radius 2 is 2.00 bits per heavy atom.